The van der Waals surface area contributed by atoms with E-state index in [1.807, 2.05) is 30.9 Å². The Morgan fingerprint density at radius 2 is 1.86 bits per heavy atom. The summed E-state index contributed by atoms with van der Waals surface area (Å²) in [5.74, 6) is 1.23. The Bertz CT molecular complexity index is 1040. The van der Waals surface area contributed by atoms with Gasteiger partial charge < -0.3 is 10.2 Å². The topological polar surface area (TPSA) is 75.9 Å². The van der Waals surface area contributed by atoms with Gasteiger partial charge in [-0.15, -0.1) is 0 Å². The highest BCUT2D eigenvalue weighted by atomic mass is 35.5. The predicted molar refractivity (Wildman–Crippen MR) is 109 cm³/mol. The van der Waals surface area contributed by atoms with E-state index in [1.54, 1.807) is 22.9 Å². The molecule has 1 fully saturated rings. The van der Waals surface area contributed by atoms with Crippen LogP contribution < -0.4 is 10.2 Å². The molecule has 1 amide bonds. The second kappa shape index (κ2) is 7.41. The van der Waals surface area contributed by atoms with E-state index >= 15 is 0 Å². The van der Waals surface area contributed by atoms with Crippen molar-refractivity contribution in [2.24, 2.45) is 5.92 Å². The molecule has 0 aliphatic carbocycles. The van der Waals surface area contributed by atoms with Gasteiger partial charge in [0.15, 0.2) is 5.82 Å². The fourth-order valence-corrected chi connectivity index (χ4v) is 3.48. The number of aromatic nitrogens is 4. The lowest BCUT2D eigenvalue weighted by Crippen LogP contribution is -2.52. The number of nitrogens with one attached hydrogen (secondary N) is 1. The van der Waals surface area contributed by atoms with Gasteiger partial charge in [-0.2, -0.15) is 5.10 Å². The van der Waals surface area contributed by atoms with Gasteiger partial charge >= 0.3 is 0 Å². The lowest BCUT2D eigenvalue weighted by molar-refractivity contribution is -0.120. The van der Waals surface area contributed by atoms with Crippen molar-refractivity contribution in [1.82, 2.24) is 19.7 Å². The minimum absolute atomic E-state index is 0.0896. The van der Waals surface area contributed by atoms with Gasteiger partial charge in [0.1, 0.15) is 12.1 Å². The van der Waals surface area contributed by atoms with Crippen LogP contribution in [0.25, 0.3) is 5.82 Å². The Kier molecular flexibility index (Phi) is 4.95. The minimum Gasteiger partial charge on any atom is -0.355 e. The molecule has 28 heavy (non-hydrogen) atoms. The number of benzene rings is 1. The molecule has 3 aromatic rings. The standard InChI is InChI=1S/C19H18Cl2N6O/c1-11-5-12(2)27(25-11)18-7-17(22-10-23-18)26-8-13(9-26)19(28)24-16-6-14(20)3-4-15(16)21/h3-7,10,13H,8-9H2,1-2H3,(H,24,28). The predicted octanol–water partition coefficient (Wildman–Crippen LogP) is 3.66. The van der Waals surface area contributed by atoms with Crippen molar-refractivity contribution in [2.45, 2.75) is 13.8 Å². The molecule has 1 aliphatic rings. The van der Waals surface area contributed by atoms with Crippen LogP contribution in [0.3, 0.4) is 0 Å². The van der Waals surface area contributed by atoms with E-state index in [0.29, 0.717) is 34.6 Å². The molecule has 7 nitrogen and oxygen atoms in total. The van der Waals surface area contributed by atoms with E-state index < -0.39 is 0 Å². The number of rotatable bonds is 4. The highest BCUT2D eigenvalue weighted by Crippen LogP contribution is 2.28. The van der Waals surface area contributed by atoms with Crippen molar-refractivity contribution in [1.29, 1.82) is 0 Å². The monoisotopic (exact) mass is 416 g/mol. The highest BCUT2D eigenvalue weighted by Gasteiger charge is 2.34. The van der Waals surface area contributed by atoms with Gasteiger partial charge in [0.2, 0.25) is 5.91 Å². The second-order valence-corrected chi connectivity index (χ2v) is 7.63. The van der Waals surface area contributed by atoms with Gasteiger partial charge in [0, 0.05) is 29.9 Å². The summed E-state index contributed by atoms with van der Waals surface area (Å²) in [6.07, 6.45) is 1.51. The Balaban J connectivity index is 1.42. The quantitative estimate of drug-likeness (QED) is 0.701. The number of hydrogen-bond donors (Lipinski definition) is 1. The zero-order chi connectivity index (χ0) is 19.8. The van der Waals surface area contributed by atoms with Gasteiger partial charge in [-0.1, -0.05) is 23.2 Å². The van der Waals surface area contributed by atoms with E-state index in [0.717, 1.165) is 17.2 Å². The van der Waals surface area contributed by atoms with Gasteiger partial charge in [-0.25, -0.2) is 14.6 Å². The first kappa shape index (κ1) is 18.7. The van der Waals surface area contributed by atoms with Crippen molar-refractivity contribution < 1.29 is 4.79 Å². The molecule has 9 heteroatoms. The maximum absolute atomic E-state index is 12.5. The third-order valence-electron chi connectivity index (χ3n) is 4.63. The average molecular weight is 417 g/mol. The van der Waals surface area contributed by atoms with Gasteiger partial charge in [-0.3, -0.25) is 4.79 Å². The summed E-state index contributed by atoms with van der Waals surface area (Å²) in [5, 5.41) is 8.27. The number of carbonyl (C=O) groups is 1. The van der Waals surface area contributed by atoms with Crippen LogP contribution in [0.5, 0.6) is 0 Å². The summed E-state index contributed by atoms with van der Waals surface area (Å²) in [5.41, 5.74) is 2.45. The zero-order valence-corrected chi connectivity index (χ0v) is 16.9. The molecule has 1 aliphatic heterocycles. The van der Waals surface area contributed by atoms with Crippen molar-refractivity contribution in [3.63, 3.8) is 0 Å². The molecule has 1 N–H and O–H groups in total. The Morgan fingerprint density at radius 3 is 2.57 bits per heavy atom. The molecule has 4 rings (SSSR count). The molecule has 1 aromatic carbocycles. The molecule has 0 spiro atoms. The summed E-state index contributed by atoms with van der Waals surface area (Å²) in [4.78, 5) is 23.2. The Morgan fingerprint density at radius 1 is 1.11 bits per heavy atom. The van der Waals surface area contributed by atoms with Crippen LogP contribution in [-0.4, -0.2) is 38.7 Å². The van der Waals surface area contributed by atoms with Crippen molar-refractivity contribution in [2.75, 3.05) is 23.3 Å². The number of amides is 1. The smallest absolute Gasteiger partial charge is 0.231 e. The molecule has 3 heterocycles. The lowest BCUT2D eigenvalue weighted by Gasteiger charge is -2.39. The van der Waals surface area contributed by atoms with E-state index in [-0.39, 0.29) is 11.8 Å². The van der Waals surface area contributed by atoms with E-state index in [9.17, 15) is 4.79 Å². The largest absolute Gasteiger partial charge is 0.355 e. The van der Waals surface area contributed by atoms with Crippen LogP contribution in [0.1, 0.15) is 11.4 Å². The number of aryl methyl sites for hydroxylation is 2. The Hall–Kier alpha value is -2.64. The van der Waals surface area contributed by atoms with Gasteiger partial charge in [-0.05, 0) is 38.1 Å². The van der Waals surface area contributed by atoms with Gasteiger partial charge in [0.25, 0.3) is 0 Å². The number of halogens is 2. The summed E-state index contributed by atoms with van der Waals surface area (Å²) in [6, 6.07) is 8.85. The van der Waals surface area contributed by atoms with Crippen molar-refractivity contribution in [3.8, 4) is 5.82 Å². The first-order valence-electron chi connectivity index (χ1n) is 8.77. The third-order valence-corrected chi connectivity index (χ3v) is 5.19. The SMILES string of the molecule is Cc1cc(C)n(-c2cc(N3CC(C(=O)Nc4cc(Cl)ccc4Cl)C3)ncn2)n1. The normalized spacial score (nSPS) is 14.1. The second-order valence-electron chi connectivity index (χ2n) is 6.79. The van der Waals surface area contributed by atoms with Gasteiger partial charge in [0.05, 0.1) is 22.3 Å². The first-order chi connectivity index (χ1) is 13.4. The summed E-state index contributed by atoms with van der Waals surface area (Å²) in [6.45, 7) is 5.05. The number of hydrogen-bond acceptors (Lipinski definition) is 5. The molecule has 0 radical (unpaired) electrons. The van der Waals surface area contributed by atoms with Crippen LogP contribution >= 0.6 is 23.2 Å². The maximum Gasteiger partial charge on any atom is 0.231 e. The van der Waals surface area contributed by atoms with Crippen LogP contribution in [0.2, 0.25) is 10.0 Å². The molecule has 0 bridgehead atoms. The van der Waals surface area contributed by atoms with E-state index in [4.69, 9.17) is 23.2 Å². The van der Waals surface area contributed by atoms with E-state index in [1.165, 1.54) is 6.33 Å². The summed E-state index contributed by atoms with van der Waals surface area (Å²) < 4.78 is 1.78. The molecule has 2 aromatic heterocycles. The molecule has 0 atom stereocenters. The van der Waals surface area contributed by atoms with Crippen LogP contribution in [-0.2, 0) is 4.79 Å². The van der Waals surface area contributed by atoms with E-state index in [2.05, 4.69) is 20.4 Å². The summed E-state index contributed by atoms with van der Waals surface area (Å²) >= 11 is 12.1. The molecular formula is C19H18Cl2N6O. The molecule has 144 valence electrons. The van der Waals surface area contributed by atoms with Crippen LogP contribution in [0, 0.1) is 19.8 Å². The van der Waals surface area contributed by atoms with Crippen LogP contribution in [0.15, 0.2) is 36.7 Å². The lowest BCUT2D eigenvalue weighted by atomic mass is 9.99. The molecule has 0 saturated carbocycles. The average Bonchev–Trinajstić information content (AvgIpc) is 2.95. The molecule has 0 unspecified atom stereocenters. The number of nitrogens with zero attached hydrogens (tertiary/aromatic N) is 5. The third kappa shape index (κ3) is 3.68. The summed E-state index contributed by atoms with van der Waals surface area (Å²) in [7, 11) is 0. The minimum atomic E-state index is -0.151. The first-order valence-corrected chi connectivity index (χ1v) is 9.53. The molecular weight excluding hydrogens is 399 g/mol. The maximum atomic E-state index is 12.5. The highest BCUT2D eigenvalue weighted by molar-refractivity contribution is 6.35. The van der Waals surface area contributed by atoms with Crippen molar-refractivity contribution >= 4 is 40.6 Å². The van der Waals surface area contributed by atoms with Crippen LogP contribution in [0.4, 0.5) is 11.5 Å². The fraction of sp³-hybridized carbons (Fsp3) is 0.263. The van der Waals surface area contributed by atoms with Crippen molar-refractivity contribution in [3.05, 3.63) is 58.1 Å². The fourth-order valence-electron chi connectivity index (χ4n) is 3.15. The zero-order valence-electron chi connectivity index (χ0n) is 15.4. The number of anilines is 2. The molecule has 1 saturated heterocycles. The Labute approximate surface area is 172 Å². The number of carbonyl (C=O) groups excluding carboxylic acids is 1.